The van der Waals surface area contributed by atoms with Crippen LogP contribution in [0, 0.1) is 6.92 Å². The molecule has 0 aliphatic heterocycles. The number of aryl methyl sites for hydroxylation is 1. The van der Waals surface area contributed by atoms with Gasteiger partial charge in [-0.1, -0.05) is 24.6 Å². The van der Waals surface area contributed by atoms with Crippen molar-refractivity contribution in [2.45, 2.75) is 25.5 Å². The molecule has 1 aromatic rings. The molecule has 1 rings (SSSR count). The summed E-state index contributed by atoms with van der Waals surface area (Å²) in [5.41, 5.74) is 7.27. The zero-order valence-corrected chi connectivity index (χ0v) is 13.3. The lowest BCUT2D eigenvalue weighted by atomic mass is 10.2. The van der Waals surface area contributed by atoms with Crippen LogP contribution in [-0.4, -0.2) is 35.9 Å². The average Bonchev–Trinajstić information content (AvgIpc) is 2.48. The second-order valence-corrected chi connectivity index (χ2v) is 5.89. The Morgan fingerprint density at radius 1 is 1.29 bits per heavy atom. The van der Waals surface area contributed by atoms with E-state index >= 15 is 0 Å². The van der Waals surface area contributed by atoms with Crippen molar-refractivity contribution in [3.8, 4) is 0 Å². The second kappa shape index (κ2) is 9.41. The van der Waals surface area contributed by atoms with Gasteiger partial charge in [-0.15, -0.1) is 11.8 Å². The molecule has 0 saturated carbocycles. The third-order valence-electron chi connectivity index (χ3n) is 2.86. The number of anilines is 1. The van der Waals surface area contributed by atoms with Crippen LogP contribution in [0.4, 0.5) is 5.69 Å². The molecule has 1 aromatic carbocycles. The van der Waals surface area contributed by atoms with E-state index < -0.39 is 0 Å². The summed E-state index contributed by atoms with van der Waals surface area (Å²) in [6.07, 6.45) is 0.679. The zero-order valence-electron chi connectivity index (χ0n) is 12.5. The zero-order chi connectivity index (χ0) is 15.7. The summed E-state index contributed by atoms with van der Waals surface area (Å²) in [6.45, 7) is 4.80. The highest BCUT2D eigenvalue weighted by molar-refractivity contribution is 8.01. The van der Waals surface area contributed by atoms with Crippen LogP contribution in [0.5, 0.6) is 0 Å². The summed E-state index contributed by atoms with van der Waals surface area (Å²) in [6, 6.07) is 7.61. The van der Waals surface area contributed by atoms with Gasteiger partial charge in [0.25, 0.3) is 0 Å². The quantitative estimate of drug-likeness (QED) is 0.680. The molecule has 0 spiro atoms. The minimum atomic E-state index is -0.222. The maximum atomic E-state index is 11.9. The molecule has 21 heavy (non-hydrogen) atoms. The van der Waals surface area contributed by atoms with E-state index in [-0.39, 0.29) is 22.8 Å². The molecule has 2 amide bonds. The third-order valence-corrected chi connectivity index (χ3v) is 4.24. The standard InChI is InChI=1S/C15H23N3O2S/c1-3-13(15(20)17-9-8-16)21-10-14(19)18-12-6-4-11(2)5-7-12/h4-7,13H,3,8-10,16H2,1-2H3,(H,17,20)(H,18,19). The Hall–Kier alpha value is -1.53. The number of carbonyl (C=O) groups excluding carboxylic acids is 2. The predicted molar refractivity (Wildman–Crippen MR) is 88.4 cm³/mol. The SMILES string of the molecule is CCC(SCC(=O)Nc1ccc(C)cc1)C(=O)NCCN. The normalized spacial score (nSPS) is 11.8. The summed E-state index contributed by atoms with van der Waals surface area (Å²) >= 11 is 1.35. The first kappa shape index (κ1) is 17.5. The molecule has 1 atom stereocenters. The summed E-state index contributed by atoms with van der Waals surface area (Å²) in [5.74, 6) is 0.0904. The van der Waals surface area contributed by atoms with Crippen LogP contribution in [0.3, 0.4) is 0 Å². The molecule has 5 nitrogen and oxygen atoms in total. The molecular formula is C15H23N3O2S. The van der Waals surface area contributed by atoms with E-state index in [0.29, 0.717) is 19.5 Å². The van der Waals surface area contributed by atoms with Gasteiger partial charge in [-0.3, -0.25) is 9.59 Å². The molecule has 4 N–H and O–H groups in total. The van der Waals surface area contributed by atoms with Crippen molar-refractivity contribution in [1.82, 2.24) is 5.32 Å². The number of hydrogen-bond donors (Lipinski definition) is 3. The molecule has 116 valence electrons. The van der Waals surface area contributed by atoms with Crippen molar-refractivity contribution in [3.05, 3.63) is 29.8 Å². The van der Waals surface area contributed by atoms with Crippen molar-refractivity contribution in [3.63, 3.8) is 0 Å². The molecule has 0 radical (unpaired) electrons. The molecular weight excluding hydrogens is 286 g/mol. The van der Waals surface area contributed by atoms with E-state index in [0.717, 1.165) is 11.3 Å². The van der Waals surface area contributed by atoms with E-state index in [9.17, 15) is 9.59 Å². The van der Waals surface area contributed by atoms with Crippen molar-refractivity contribution in [2.24, 2.45) is 5.73 Å². The average molecular weight is 309 g/mol. The van der Waals surface area contributed by atoms with Gasteiger partial charge in [0.05, 0.1) is 11.0 Å². The Morgan fingerprint density at radius 3 is 2.52 bits per heavy atom. The molecule has 0 aromatic heterocycles. The van der Waals surface area contributed by atoms with E-state index in [1.807, 2.05) is 38.1 Å². The number of hydrogen-bond acceptors (Lipinski definition) is 4. The van der Waals surface area contributed by atoms with Crippen LogP contribution in [-0.2, 0) is 9.59 Å². The highest BCUT2D eigenvalue weighted by Crippen LogP contribution is 2.16. The maximum Gasteiger partial charge on any atom is 0.234 e. The van der Waals surface area contributed by atoms with Crippen molar-refractivity contribution >= 4 is 29.3 Å². The fourth-order valence-electron chi connectivity index (χ4n) is 1.70. The summed E-state index contributed by atoms with van der Waals surface area (Å²) < 4.78 is 0. The van der Waals surface area contributed by atoms with Gasteiger partial charge >= 0.3 is 0 Å². The van der Waals surface area contributed by atoms with E-state index in [4.69, 9.17) is 5.73 Å². The summed E-state index contributed by atoms with van der Waals surface area (Å²) in [5, 5.41) is 5.34. The van der Waals surface area contributed by atoms with Gasteiger partial charge in [0.15, 0.2) is 0 Å². The number of carbonyl (C=O) groups is 2. The maximum absolute atomic E-state index is 11.9. The molecule has 0 bridgehead atoms. The Kier molecular flexibility index (Phi) is 7.85. The lowest BCUT2D eigenvalue weighted by molar-refractivity contribution is -0.120. The third kappa shape index (κ3) is 6.64. The van der Waals surface area contributed by atoms with Gasteiger partial charge in [0.2, 0.25) is 11.8 Å². The first-order valence-electron chi connectivity index (χ1n) is 7.02. The number of benzene rings is 1. The number of thioether (sulfide) groups is 1. The van der Waals surface area contributed by atoms with E-state index in [1.54, 1.807) is 0 Å². The van der Waals surface area contributed by atoms with Crippen LogP contribution in [0.15, 0.2) is 24.3 Å². The number of amides is 2. The van der Waals surface area contributed by atoms with Gasteiger partial charge in [0.1, 0.15) is 0 Å². The van der Waals surface area contributed by atoms with Crippen LogP contribution < -0.4 is 16.4 Å². The molecule has 0 aliphatic rings. The monoisotopic (exact) mass is 309 g/mol. The Balaban J connectivity index is 2.39. The fourth-order valence-corrected chi connectivity index (χ4v) is 2.59. The van der Waals surface area contributed by atoms with Crippen LogP contribution in [0.25, 0.3) is 0 Å². The van der Waals surface area contributed by atoms with Crippen molar-refractivity contribution < 1.29 is 9.59 Å². The lowest BCUT2D eigenvalue weighted by Crippen LogP contribution is -2.36. The van der Waals surface area contributed by atoms with Gasteiger partial charge in [-0.2, -0.15) is 0 Å². The molecule has 6 heteroatoms. The van der Waals surface area contributed by atoms with E-state index in [2.05, 4.69) is 10.6 Å². The molecule has 0 heterocycles. The first-order valence-corrected chi connectivity index (χ1v) is 8.07. The summed E-state index contributed by atoms with van der Waals surface area (Å²) in [7, 11) is 0. The van der Waals surface area contributed by atoms with Crippen LogP contribution in [0.1, 0.15) is 18.9 Å². The van der Waals surface area contributed by atoms with Crippen LogP contribution >= 0.6 is 11.8 Å². The number of nitrogens with one attached hydrogen (secondary N) is 2. The minimum Gasteiger partial charge on any atom is -0.354 e. The smallest absolute Gasteiger partial charge is 0.234 e. The molecule has 0 aliphatic carbocycles. The van der Waals surface area contributed by atoms with Gasteiger partial charge in [0, 0.05) is 18.8 Å². The van der Waals surface area contributed by atoms with Gasteiger partial charge in [-0.25, -0.2) is 0 Å². The second-order valence-electron chi connectivity index (χ2n) is 4.70. The van der Waals surface area contributed by atoms with Gasteiger partial charge < -0.3 is 16.4 Å². The molecule has 1 unspecified atom stereocenters. The summed E-state index contributed by atoms with van der Waals surface area (Å²) in [4.78, 5) is 23.7. The Morgan fingerprint density at radius 2 is 1.95 bits per heavy atom. The fraction of sp³-hybridized carbons (Fsp3) is 0.467. The first-order chi connectivity index (χ1) is 10.1. The van der Waals surface area contributed by atoms with E-state index in [1.165, 1.54) is 11.8 Å². The number of nitrogens with two attached hydrogens (primary N) is 1. The Labute approximate surface area is 130 Å². The van der Waals surface area contributed by atoms with Crippen molar-refractivity contribution in [2.75, 3.05) is 24.2 Å². The largest absolute Gasteiger partial charge is 0.354 e. The topological polar surface area (TPSA) is 84.2 Å². The lowest BCUT2D eigenvalue weighted by Gasteiger charge is -2.14. The number of rotatable bonds is 8. The van der Waals surface area contributed by atoms with Crippen molar-refractivity contribution in [1.29, 1.82) is 0 Å². The molecule has 0 fully saturated rings. The Bertz CT molecular complexity index is 462. The minimum absolute atomic E-state index is 0.0592. The highest BCUT2D eigenvalue weighted by Gasteiger charge is 2.17. The van der Waals surface area contributed by atoms with Crippen LogP contribution in [0.2, 0.25) is 0 Å². The van der Waals surface area contributed by atoms with Gasteiger partial charge in [-0.05, 0) is 25.5 Å². The predicted octanol–water partition coefficient (Wildman–Crippen LogP) is 1.52. The molecule has 0 saturated heterocycles. The highest BCUT2D eigenvalue weighted by atomic mass is 32.2.